The van der Waals surface area contributed by atoms with E-state index in [1.165, 1.54) is 6.07 Å². The molecular weight excluding hydrogens is 318 g/mol. The minimum Gasteiger partial charge on any atom is -0.504 e. The van der Waals surface area contributed by atoms with Gasteiger partial charge in [-0.25, -0.2) is 0 Å². The van der Waals surface area contributed by atoms with E-state index in [-0.39, 0.29) is 24.0 Å². The predicted molar refractivity (Wildman–Crippen MR) is 95.2 cm³/mol. The summed E-state index contributed by atoms with van der Waals surface area (Å²) >= 11 is 0. The minimum absolute atomic E-state index is 0.0110. The van der Waals surface area contributed by atoms with Crippen LogP contribution < -0.4 is 14.8 Å². The Morgan fingerprint density at radius 1 is 0.840 bits per heavy atom. The summed E-state index contributed by atoms with van der Waals surface area (Å²) in [5, 5.41) is 12.4. The summed E-state index contributed by atoms with van der Waals surface area (Å²) in [6.45, 7) is -0.225. The zero-order valence-corrected chi connectivity index (χ0v) is 13.4. The molecule has 2 N–H and O–H groups in total. The summed E-state index contributed by atoms with van der Waals surface area (Å²) in [6, 6.07) is 22.9. The molecule has 0 unspecified atom stereocenters. The van der Waals surface area contributed by atoms with Crippen molar-refractivity contribution in [3.05, 3.63) is 78.9 Å². The van der Waals surface area contributed by atoms with Gasteiger partial charge in [-0.3, -0.25) is 4.79 Å². The summed E-state index contributed by atoms with van der Waals surface area (Å²) in [5.74, 6) is 1.10. The molecule has 0 aliphatic rings. The molecule has 1 amide bonds. The molecule has 0 fully saturated rings. The van der Waals surface area contributed by atoms with Crippen LogP contribution in [-0.2, 0) is 4.79 Å². The third-order valence-electron chi connectivity index (χ3n) is 3.36. The number of nitrogens with one attached hydrogen (secondary N) is 1. The fourth-order valence-electron chi connectivity index (χ4n) is 2.18. The van der Waals surface area contributed by atoms with Crippen LogP contribution in [0.4, 0.5) is 5.69 Å². The van der Waals surface area contributed by atoms with Gasteiger partial charge >= 0.3 is 0 Å². The number of hydrogen-bond acceptors (Lipinski definition) is 4. The number of phenols is 1. The van der Waals surface area contributed by atoms with Gasteiger partial charge in [0.15, 0.2) is 23.9 Å². The van der Waals surface area contributed by atoms with Gasteiger partial charge in [-0.2, -0.15) is 0 Å². The Morgan fingerprint density at radius 2 is 1.48 bits per heavy atom. The molecule has 3 aromatic rings. The number of hydrogen-bond donors (Lipinski definition) is 2. The van der Waals surface area contributed by atoms with Gasteiger partial charge in [0.1, 0.15) is 5.75 Å². The number of carbonyl (C=O) groups is 1. The average Bonchev–Trinajstić information content (AvgIpc) is 2.64. The number of phenolic OH excluding ortho intramolecular Hbond substituents is 1. The Balaban J connectivity index is 1.64. The lowest BCUT2D eigenvalue weighted by Crippen LogP contribution is -2.20. The topological polar surface area (TPSA) is 67.8 Å². The molecule has 3 aromatic carbocycles. The quantitative estimate of drug-likeness (QED) is 0.708. The van der Waals surface area contributed by atoms with E-state index >= 15 is 0 Å². The maximum absolute atomic E-state index is 12.1. The lowest BCUT2D eigenvalue weighted by molar-refractivity contribution is -0.118. The first-order valence-electron chi connectivity index (χ1n) is 7.75. The summed E-state index contributed by atoms with van der Waals surface area (Å²) in [5.41, 5.74) is 0.539. The maximum atomic E-state index is 12.1. The zero-order chi connectivity index (χ0) is 17.5. The van der Waals surface area contributed by atoms with Crippen LogP contribution in [0.2, 0.25) is 0 Å². The van der Waals surface area contributed by atoms with Gasteiger partial charge in [-0.15, -0.1) is 0 Å². The van der Waals surface area contributed by atoms with Crippen molar-refractivity contribution in [1.29, 1.82) is 0 Å². The normalized spacial score (nSPS) is 10.1. The molecule has 0 aromatic heterocycles. The van der Waals surface area contributed by atoms with Crippen molar-refractivity contribution in [2.45, 2.75) is 0 Å². The van der Waals surface area contributed by atoms with E-state index < -0.39 is 0 Å². The molecule has 0 atom stereocenters. The van der Waals surface area contributed by atoms with Crippen molar-refractivity contribution in [3.8, 4) is 23.0 Å². The second kappa shape index (κ2) is 7.88. The Hall–Kier alpha value is -3.47. The number of amides is 1. The number of carbonyl (C=O) groups excluding carboxylic acids is 1. The second-order valence-corrected chi connectivity index (χ2v) is 5.22. The monoisotopic (exact) mass is 335 g/mol. The number of ether oxygens (including phenoxy) is 2. The Kier molecular flexibility index (Phi) is 5.16. The molecule has 0 saturated carbocycles. The molecule has 3 rings (SSSR count). The van der Waals surface area contributed by atoms with Gasteiger partial charge in [-0.1, -0.05) is 42.5 Å². The van der Waals surface area contributed by atoms with Crippen molar-refractivity contribution in [2.75, 3.05) is 11.9 Å². The second-order valence-electron chi connectivity index (χ2n) is 5.22. The SMILES string of the molecule is O=C(COc1ccccc1O)Nc1ccccc1Oc1ccccc1. The average molecular weight is 335 g/mol. The fourth-order valence-corrected chi connectivity index (χ4v) is 2.18. The van der Waals surface area contributed by atoms with Crippen LogP contribution in [0.25, 0.3) is 0 Å². The van der Waals surface area contributed by atoms with Crippen LogP contribution in [0, 0.1) is 0 Å². The van der Waals surface area contributed by atoms with E-state index in [4.69, 9.17) is 9.47 Å². The predicted octanol–water partition coefficient (Wildman–Crippen LogP) is 4.20. The Labute approximate surface area is 145 Å². The van der Waals surface area contributed by atoms with E-state index in [9.17, 15) is 9.90 Å². The third-order valence-corrected chi connectivity index (χ3v) is 3.36. The molecule has 5 heteroatoms. The molecular formula is C20H17NO4. The smallest absolute Gasteiger partial charge is 0.262 e. The molecule has 25 heavy (non-hydrogen) atoms. The molecule has 0 aliphatic carbocycles. The molecule has 0 heterocycles. The highest BCUT2D eigenvalue weighted by Gasteiger charge is 2.10. The first-order chi connectivity index (χ1) is 12.2. The van der Waals surface area contributed by atoms with Crippen LogP contribution in [-0.4, -0.2) is 17.6 Å². The van der Waals surface area contributed by atoms with Crippen molar-refractivity contribution >= 4 is 11.6 Å². The van der Waals surface area contributed by atoms with Crippen LogP contribution in [0.1, 0.15) is 0 Å². The van der Waals surface area contributed by atoms with Gasteiger partial charge < -0.3 is 19.9 Å². The number of para-hydroxylation sites is 5. The van der Waals surface area contributed by atoms with Crippen LogP contribution in [0.5, 0.6) is 23.0 Å². The van der Waals surface area contributed by atoms with Crippen LogP contribution in [0.3, 0.4) is 0 Å². The van der Waals surface area contributed by atoms with Crippen LogP contribution in [0.15, 0.2) is 78.9 Å². The minimum atomic E-state index is -0.354. The van der Waals surface area contributed by atoms with E-state index in [2.05, 4.69) is 5.32 Å². The van der Waals surface area contributed by atoms with Crippen LogP contribution >= 0.6 is 0 Å². The number of aromatic hydroxyl groups is 1. The molecule has 126 valence electrons. The Bertz CT molecular complexity index is 849. The summed E-state index contributed by atoms with van der Waals surface area (Å²) in [4.78, 5) is 12.1. The summed E-state index contributed by atoms with van der Waals surface area (Å²) in [6.07, 6.45) is 0. The summed E-state index contributed by atoms with van der Waals surface area (Å²) < 4.78 is 11.1. The molecule has 0 saturated heterocycles. The summed E-state index contributed by atoms with van der Waals surface area (Å²) in [7, 11) is 0. The first kappa shape index (κ1) is 16.4. The highest BCUT2D eigenvalue weighted by atomic mass is 16.5. The van der Waals surface area contributed by atoms with Gasteiger partial charge in [0.05, 0.1) is 5.69 Å². The van der Waals surface area contributed by atoms with Crippen molar-refractivity contribution in [3.63, 3.8) is 0 Å². The molecule has 5 nitrogen and oxygen atoms in total. The highest BCUT2D eigenvalue weighted by molar-refractivity contribution is 5.93. The van der Waals surface area contributed by atoms with Gasteiger partial charge in [-0.05, 0) is 36.4 Å². The molecule has 0 spiro atoms. The molecule has 0 radical (unpaired) electrons. The maximum Gasteiger partial charge on any atom is 0.262 e. The number of anilines is 1. The lowest BCUT2D eigenvalue weighted by atomic mass is 10.3. The van der Waals surface area contributed by atoms with Crippen molar-refractivity contribution < 1.29 is 19.4 Å². The zero-order valence-electron chi connectivity index (χ0n) is 13.4. The van der Waals surface area contributed by atoms with Crippen molar-refractivity contribution in [2.24, 2.45) is 0 Å². The highest BCUT2D eigenvalue weighted by Crippen LogP contribution is 2.29. The van der Waals surface area contributed by atoms with E-state index in [0.717, 1.165) is 0 Å². The van der Waals surface area contributed by atoms with Gasteiger partial charge in [0.2, 0.25) is 0 Å². The van der Waals surface area contributed by atoms with Crippen molar-refractivity contribution in [1.82, 2.24) is 0 Å². The fraction of sp³-hybridized carbons (Fsp3) is 0.0500. The number of rotatable bonds is 6. The molecule has 0 aliphatic heterocycles. The number of benzene rings is 3. The molecule has 0 bridgehead atoms. The van der Waals surface area contributed by atoms with E-state index in [0.29, 0.717) is 17.2 Å². The van der Waals surface area contributed by atoms with Gasteiger partial charge in [0, 0.05) is 0 Å². The van der Waals surface area contributed by atoms with E-state index in [1.807, 2.05) is 36.4 Å². The standard InChI is InChI=1S/C20H17NO4/c22-17-11-5-7-13-19(17)24-14-20(23)21-16-10-4-6-12-18(16)25-15-8-2-1-3-9-15/h1-13,22H,14H2,(H,21,23). The first-order valence-corrected chi connectivity index (χ1v) is 7.75. The Morgan fingerprint density at radius 3 is 2.24 bits per heavy atom. The van der Waals surface area contributed by atoms with E-state index in [1.54, 1.807) is 36.4 Å². The van der Waals surface area contributed by atoms with Gasteiger partial charge in [0.25, 0.3) is 5.91 Å². The third kappa shape index (κ3) is 4.51. The lowest BCUT2D eigenvalue weighted by Gasteiger charge is -2.13. The largest absolute Gasteiger partial charge is 0.504 e.